The Balaban J connectivity index is 1.65. The molecule has 0 aliphatic carbocycles. The number of rotatable bonds is 8. The van der Waals surface area contributed by atoms with Crippen LogP contribution in [-0.2, 0) is 4.65 Å². The summed E-state index contributed by atoms with van der Waals surface area (Å²) in [5.74, 6) is 0.656. The highest BCUT2D eigenvalue weighted by Crippen LogP contribution is 2.30. The third-order valence-electron chi connectivity index (χ3n) is 7.04. The van der Waals surface area contributed by atoms with Gasteiger partial charge in [0.05, 0.1) is 22.6 Å². The Labute approximate surface area is 230 Å². The molecule has 5 rings (SSSR count). The van der Waals surface area contributed by atoms with Gasteiger partial charge in [0.2, 0.25) is 0 Å². The minimum Gasteiger partial charge on any atom is -0.427 e. The zero-order valence-corrected chi connectivity index (χ0v) is 22.7. The van der Waals surface area contributed by atoms with Gasteiger partial charge in [-0.1, -0.05) is 84.3 Å². The lowest BCUT2D eigenvalue weighted by Crippen LogP contribution is -2.49. The predicted molar refractivity (Wildman–Crippen MR) is 158 cm³/mol. The zero-order chi connectivity index (χ0) is 27.5. The Bertz CT molecular complexity index is 1490. The fourth-order valence-electron chi connectivity index (χ4n) is 4.00. The Morgan fingerprint density at radius 2 is 1.23 bits per heavy atom. The van der Waals surface area contributed by atoms with Crippen LogP contribution in [0.3, 0.4) is 0 Å². The van der Waals surface area contributed by atoms with Crippen molar-refractivity contribution in [3.05, 3.63) is 109 Å². The van der Waals surface area contributed by atoms with Crippen LogP contribution in [0, 0.1) is 0 Å². The van der Waals surface area contributed by atoms with Crippen molar-refractivity contribution >= 4 is 12.9 Å². The summed E-state index contributed by atoms with van der Waals surface area (Å²) in [6.07, 6.45) is 3.60. The molecule has 0 amide bonds. The fourth-order valence-corrected chi connectivity index (χ4v) is 4.00. The number of nitrogens with zero attached hydrogens (tertiary/aromatic N) is 3. The van der Waals surface area contributed by atoms with Gasteiger partial charge in [-0.25, -0.2) is 9.97 Å². The molecule has 0 spiro atoms. The largest absolute Gasteiger partial charge is 0.427 e. The van der Waals surface area contributed by atoms with Crippen molar-refractivity contribution in [1.82, 2.24) is 15.0 Å². The molecule has 5 nitrogen and oxygen atoms in total. The quantitative estimate of drug-likeness (QED) is 0.246. The lowest BCUT2D eigenvalue weighted by molar-refractivity contribution is -0.0893. The van der Waals surface area contributed by atoms with Crippen molar-refractivity contribution in [2.24, 2.45) is 0 Å². The first-order valence-corrected chi connectivity index (χ1v) is 13.0. The first-order valence-electron chi connectivity index (χ1n) is 13.0. The molecule has 0 saturated heterocycles. The van der Waals surface area contributed by atoms with Crippen molar-refractivity contribution in [2.45, 2.75) is 38.9 Å². The van der Waals surface area contributed by atoms with E-state index in [1.165, 1.54) is 0 Å². The molecule has 0 atom stereocenters. The first kappa shape index (κ1) is 26.5. The SMILES string of the molecule is CC(C)(O)C(C)(C)O[B]c1cc(-c2cccnc2)cc(-c2cc(-c3ccccc3)nc(-c3ccccc3)n2)c1. The molecule has 0 saturated carbocycles. The Morgan fingerprint density at radius 3 is 1.85 bits per heavy atom. The Morgan fingerprint density at radius 1 is 0.641 bits per heavy atom. The second kappa shape index (κ2) is 10.9. The van der Waals surface area contributed by atoms with E-state index < -0.39 is 11.2 Å². The summed E-state index contributed by atoms with van der Waals surface area (Å²) in [5.41, 5.74) is 5.51. The topological polar surface area (TPSA) is 68.1 Å². The maximum Gasteiger partial charge on any atom is 0.330 e. The molecular formula is C33H31BN3O2. The van der Waals surface area contributed by atoms with Crippen LogP contribution in [-0.4, -0.2) is 38.7 Å². The van der Waals surface area contributed by atoms with Gasteiger partial charge >= 0.3 is 7.48 Å². The molecule has 0 aliphatic rings. The Kier molecular flexibility index (Phi) is 7.42. The minimum atomic E-state index is -1.03. The number of hydrogen-bond donors (Lipinski definition) is 1. The van der Waals surface area contributed by atoms with Crippen LogP contribution in [0.1, 0.15) is 27.7 Å². The maximum absolute atomic E-state index is 10.6. The van der Waals surface area contributed by atoms with Gasteiger partial charge in [0.25, 0.3) is 0 Å². The predicted octanol–water partition coefficient (Wildman–Crippen LogP) is 6.35. The summed E-state index contributed by atoms with van der Waals surface area (Å²) in [6, 6.07) is 32.3. The highest BCUT2D eigenvalue weighted by molar-refractivity contribution is 6.47. The van der Waals surface area contributed by atoms with Gasteiger partial charge in [-0.05, 0) is 57.0 Å². The van der Waals surface area contributed by atoms with E-state index >= 15 is 0 Å². The average molecular weight is 512 g/mol. The van der Waals surface area contributed by atoms with E-state index in [9.17, 15) is 5.11 Å². The van der Waals surface area contributed by atoms with Gasteiger partial charge in [0.15, 0.2) is 5.82 Å². The van der Waals surface area contributed by atoms with Crippen LogP contribution in [0.15, 0.2) is 109 Å². The van der Waals surface area contributed by atoms with Crippen LogP contribution < -0.4 is 5.46 Å². The molecule has 1 radical (unpaired) electrons. The second-order valence-corrected chi connectivity index (χ2v) is 10.6. The highest BCUT2D eigenvalue weighted by Gasteiger charge is 2.35. The van der Waals surface area contributed by atoms with Gasteiger partial charge in [0.1, 0.15) is 0 Å². The molecule has 1 N–H and O–H groups in total. The average Bonchev–Trinajstić information content (AvgIpc) is 2.96. The summed E-state index contributed by atoms with van der Waals surface area (Å²) in [6.45, 7) is 7.24. The summed E-state index contributed by atoms with van der Waals surface area (Å²) in [4.78, 5) is 14.2. The molecule has 39 heavy (non-hydrogen) atoms. The molecule has 0 unspecified atom stereocenters. The van der Waals surface area contributed by atoms with E-state index in [1.54, 1.807) is 27.5 Å². The van der Waals surface area contributed by atoms with E-state index in [2.05, 4.69) is 29.2 Å². The molecule has 5 aromatic rings. The van der Waals surface area contributed by atoms with Crippen LogP contribution in [0.5, 0.6) is 0 Å². The summed E-state index contributed by atoms with van der Waals surface area (Å²) < 4.78 is 6.12. The van der Waals surface area contributed by atoms with Crippen molar-refractivity contribution < 1.29 is 9.76 Å². The van der Waals surface area contributed by atoms with E-state index in [-0.39, 0.29) is 0 Å². The number of aliphatic hydroxyl groups is 1. The minimum absolute atomic E-state index is 0.656. The molecule has 0 fully saturated rings. The van der Waals surface area contributed by atoms with Crippen LogP contribution in [0.25, 0.3) is 45.0 Å². The standard InChI is InChI=1S/C33H31BN3O2/c1-32(2,38)33(3,4)39-34-28-19-26(25-16-11-17-35-22-25)18-27(20-28)30-21-29(23-12-7-5-8-13-23)36-31(37-30)24-14-9-6-10-15-24/h5-22,38H,1-4H3. The normalized spacial score (nSPS) is 11.8. The monoisotopic (exact) mass is 512 g/mol. The molecule has 193 valence electrons. The number of benzene rings is 3. The number of pyridine rings is 1. The smallest absolute Gasteiger partial charge is 0.330 e. The second-order valence-electron chi connectivity index (χ2n) is 10.6. The van der Waals surface area contributed by atoms with Gasteiger partial charge in [-0.2, -0.15) is 0 Å². The summed E-state index contributed by atoms with van der Waals surface area (Å²) in [7, 11) is 1.71. The molecule has 2 heterocycles. The summed E-state index contributed by atoms with van der Waals surface area (Å²) in [5, 5.41) is 10.6. The number of hydrogen-bond acceptors (Lipinski definition) is 5. The highest BCUT2D eigenvalue weighted by atomic mass is 16.5. The van der Waals surface area contributed by atoms with Crippen molar-refractivity contribution in [3.63, 3.8) is 0 Å². The first-order chi connectivity index (χ1) is 18.7. The van der Waals surface area contributed by atoms with Crippen LogP contribution >= 0.6 is 0 Å². The van der Waals surface area contributed by atoms with Gasteiger partial charge in [-0.3, -0.25) is 4.98 Å². The van der Waals surface area contributed by atoms with Crippen molar-refractivity contribution in [2.75, 3.05) is 0 Å². The van der Waals surface area contributed by atoms with Gasteiger partial charge in [-0.15, -0.1) is 0 Å². The lowest BCUT2D eigenvalue weighted by atomic mass is 9.80. The Hall–Kier alpha value is -4.13. The van der Waals surface area contributed by atoms with Gasteiger partial charge in [0, 0.05) is 29.1 Å². The van der Waals surface area contributed by atoms with Crippen molar-refractivity contribution in [1.29, 1.82) is 0 Å². The number of aromatic nitrogens is 3. The maximum atomic E-state index is 10.6. The summed E-state index contributed by atoms with van der Waals surface area (Å²) >= 11 is 0. The molecule has 3 aromatic carbocycles. The lowest BCUT2D eigenvalue weighted by Gasteiger charge is -2.37. The molecule has 0 aliphatic heterocycles. The van der Waals surface area contributed by atoms with Crippen molar-refractivity contribution in [3.8, 4) is 45.0 Å². The molecule has 6 heteroatoms. The molecule has 2 aromatic heterocycles. The zero-order valence-electron chi connectivity index (χ0n) is 22.7. The molecular weight excluding hydrogens is 481 g/mol. The fraction of sp³-hybridized carbons (Fsp3) is 0.182. The van der Waals surface area contributed by atoms with Crippen LogP contribution in [0.4, 0.5) is 0 Å². The molecule has 0 bridgehead atoms. The third kappa shape index (κ3) is 6.14. The third-order valence-corrected chi connectivity index (χ3v) is 7.04. The van der Waals surface area contributed by atoms with E-state index in [0.717, 1.165) is 44.7 Å². The van der Waals surface area contributed by atoms with E-state index in [1.807, 2.05) is 92.8 Å². The van der Waals surface area contributed by atoms with Gasteiger partial charge < -0.3 is 9.76 Å². The van der Waals surface area contributed by atoms with Crippen LogP contribution in [0.2, 0.25) is 0 Å². The van der Waals surface area contributed by atoms with E-state index in [4.69, 9.17) is 14.6 Å². The van der Waals surface area contributed by atoms with E-state index in [0.29, 0.717) is 5.82 Å².